The van der Waals surface area contributed by atoms with Gasteiger partial charge in [-0.2, -0.15) is 0 Å². The summed E-state index contributed by atoms with van der Waals surface area (Å²) in [7, 11) is 1.74. The summed E-state index contributed by atoms with van der Waals surface area (Å²) >= 11 is 0. The summed E-state index contributed by atoms with van der Waals surface area (Å²) in [5, 5.41) is 13.5. The molecule has 1 heterocycles. The molecule has 2 aliphatic rings. The first-order chi connectivity index (χ1) is 13.8. The highest BCUT2D eigenvalue weighted by atomic mass is 16.5. The van der Waals surface area contributed by atoms with E-state index in [-0.39, 0.29) is 0 Å². The smallest absolute Gasteiger partial charge is 0.142 e. The predicted octanol–water partition coefficient (Wildman–Crippen LogP) is 4.93. The molecule has 1 aromatic rings. The second kappa shape index (κ2) is 11.3. The fourth-order valence-corrected chi connectivity index (χ4v) is 4.71. The number of ether oxygens (including phenoxy) is 1. The summed E-state index contributed by atoms with van der Waals surface area (Å²) < 4.78 is 5.55. The first-order valence-corrected chi connectivity index (χ1v) is 11.2. The summed E-state index contributed by atoms with van der Waals surface area (Å²) in [6.07, 6.45) is 12.4. The second-order valence-corrected chi connectivity index (χ2v) is 8.17. The van der Waals surface area contributed by atoms with Crippen LogP contribution in [0.1, 0.15) is 64.2 Å². The molecule has 1 N–H and O–H groups in total. The van der Waals surface area contributed by atoms with Crippen LogP contribution >= 0.6 is 0 Å². The Morgan fingerprint density at radius 3 is 2.21 bits per heavy atom. The lowest BCUT2D eigenvalue weighted by molar-refractivity contribution is 0.207. The Balaban J connectivity index is 1.63. The van der Waals surface area contributed by atoms with Crippen LogP contribution in [0.2, 0.25) is 0 Å². The van der Waals surface area contributed by atoms with Gasteiger partial charge in [-0.1, -0.05) is 62.2 Å². The molecule has 1 aromatic carbocycles. The lowest BCUT2D eigenvalue weighted by Gasteiger charge is -2.41. The molecule has 1 aliphatic heterocycles. The van der Waals surface area contributed by atoms with E-state index in [4.69, 9.17) is 4.74 Å². The zero-order valence-electron chi connectivity index (χ0n) is 17.5. The van der Waals surface area contributed by atoms with Gasteiger partial charge in [-0.25, -0.2) is 0 Å². The summed E-state index contributed by atoms with van der Waals surface area (Å²) in [6, 6.07) is 8.57. The van der Waals surface area contributed by atoms with Crippen molar-refractivity contribution in [2.24, 2.45) is 5.16 Å². The SMILES string of the molecule is COc1ccccc1N1CCN([C@H]2CCCCCCCCCC/C2=N\O)CC1. The number of hydrogen-bond acceptors (Lipinski definition) is 5. The van der Waals surface area contributed by atoms with E-state index in [1.54, 1.807) is 7.11 Å². The minimum Gasteiger partial charge on any atom is -0.495 e. The zero-order valence-corrected chi connectivity index (χ0v) is 17.5. The topological polar surface area (TPSA) is 48.3 Å². The molecule has 0 bridgehead atoms. The third-order valence-electron chi connectivity index (χ3n) is 6.35. The van der Waals surface area contributed by atoms with Crippen LogP contribution < -0.4 is 9.64 Å². The highest BCUT2D eigenvalue weighted by molar-refractivity contribution is 5.89. The number of rotatable bonds is 3. The summed E-state index contributed by atoms with van der Waals surface area (Å²) in [5.41, 5.74) is 2.19. The van der Waals surface area contributed by atoms with E-state index in [0.29, 0.717) is 6.04 Å². The summed E-state index contributed by atoms with van der Waals surface area (Å²) in [6.45, 7) is 3.97. The number of methoxy groups -OCH3 is 1. The molecule has 28 heavy (non-hydrogen) atoms. The number of oxime groups is 1. The van der Waals surface area contributed by atoms with Gasteiger partial charge in [-0.3, -0.25) is 4.90 Å². The molecule has 3 rings (SSSR count). The molecule has 156 valence electrons. The van der Waals surface area contributed by atoms with Crippen molar-refractivity contribution in [3.63, 3.8) is 0 Å². The van der Waals surface area contributed by atoms with Crippen LogP contribution in [-0.2, 0) is 0 Å². The van der Waals surface area contributed by atoms with Gasteiger partial charge in [-0.05, 0) is 31.4 Å². The number of benzene rings is 1. The molecular formula is C23H37N3O2. The summed E-state index contributed by atoms with van der Waals surface area (Å²) in [4.78, 5) is 4.97. The van der Waals surface area contributed by atoms with E-state index in [0.717, 1.165) is 56.9 Å². The van der Waals surface area contributed by atoms with Crippen molar-refractivity contribution in [3.8, 4) is 5.75 Å². The molecular weight excluding hydrogens is 350 g/mol. The van der Waals surface area contributed by atoms with Crippen molar-refractivity contribution in [3.05, 3.63) is 24.3 Å². The van der Waals surface area contributed by atoms with Gasteiger partial charge in [0, 0.05) is 26.2 Å². The fourth-order valence-electron chi connectivity index (χ4n) is 4.71. The van der Waals surface area contributed by atoms with Crippen molar-refractivity contribution < 1.29 is 9.94 Å². The molecule has 0 amide bonds. The van der Waals surface area contributed by atoms with Gasteiger partial charge in [0.2, 0.25) is 0 Å². The predicted molar refractivity (Wildman–Crippen MR) is 116 cm³/mol. The van der Waals surface area contributed by atoms with Crippen molar-refractivity contribution in [1.29, 1.82) is 0 Å². The molecule has 1 atom stereocenters. The van der Waals surface area contributed by atoms with Gasteiger partial charge in [0.1, 0.15) is 5.75 Å². The van der Waals surface area contributed by atoms with Crippen LogP contribution in [0.5, 0.6) is 5.75 Å². The Hall–Kier alpha value is -1.75. The minimum atomic E-state index is 0.296. The van der Waals surface area contributed by atoms with E-state index in [1.807, 2.05) is 12.1 Å². The highest BCUT2D eigenvalue weighted by Crippen LogP contribution is 2.29. The van der Waals surface area contributed by atoms with E-state index in [1.165, 1.54) is 50.6 Å². The Morgan fingerprint density at radius 2 is 1.54 bits per heavy atom. The third-order valence-corrected chi connectivity index (χ3v) is 6.35. The molecule has 1 aliphatic carbocycles. The first-order valence-electron chi connectivity index (χ1n) is 11.2. The third kappa shape index (κ3) is 5.63. The monoisotopic (exact) mass is 387 g/mol. The maximum atomic E-state index is 9.73. The second-order valence-electron chi connectivity index (χ2n) is 8.17. The molecule has 5 nitrogen and oxygen atoms in total. The van der Waals surface area contributed by atoms with Gasteiger partial charge in [0.05, 0.1) is 24.6 Å². The average molecular weight is 388 g/mol. The Morgan fingerprint density at radius 1 is 0.893 bits per heavy atom. The number of piperazine rings is 1. The Kier molecular flexibility index (Phi) is 8.46. The number of para-hydroxylation sites is 2. The lowest BCUT2D eigenvalue weighted by atomic mass is 9.95. The average Bonchev–Trinajstić information content (AvgIpc) is 2.74. The summed E-state index contributed by atoms with van der Waals surface area (Å²) in [5.74, 6) is 0.944. The van der Waals surface area contributed by atoms with Gasteiger partial charge in [0.15, 0.2) is 0 Å². The zero-order chi connectivity index (χ0) is 19.6. The molecule has 5 heteroatoms. The molecule has 2 fully saturated rings. The molecule has 1 saturated carbocycles. The van der Waals surface area contributed by atoms with Gasteiger partial charge < -0.3 is 14.8 Å². The molecule has 0 spiro atoms. The number of anilines is 1. The van der Waals surface area contributed by atoms with Gasteiger partial charge in [0.25, 0.3) is 0 Å². The van der Waals surface area contributed by atoms with E-state index >= 15 is 0 Å². The molecule has 1 saturated heterocycles. The number of nitrogens with zero attached hydrogens (tertiary/aromatic N) is 3. The van der Waals surface area contributed by atoms with Crippen LogP contribution in [-0.4, -0.2) is 55.1 Å². The lowest BCUT2D eigenvalue weighted by Crippen LogP contribution is -2.52. The van der Waals surface area contributed by atoms with Crippen molar-refractivity contribution in [2.75, 3.05) is 38.2 Å². The maximum Gasteiger partial charge on any atom is 0.142 e. The molecule has 0 radical (unpaired) electrons. The van der Waals surface area contributed by atoms with Crippen LogP contribution in [0.4, 0.5) is 5.69 Å². The number of hydrogen-bond donors (Lipinski definition) is 1. The quantitative estimate of drug-likeness (QED) is 0.590. The largest absolute Gasteiger partial charge is 0.495 e. The van der Waals surface area contributed by atoms with Crippen LogP contribution in [0, 0.1) is 0 Å². The van der Waals surface area contributed by atoms with Crippen LogP contribution in [0.3, 0.4) is 0 Å². The van der Waals surface area contributed by atoms with Crippen molar-refractivity contribution in [2.45, 2.75) is 70.3 Å². The normalized spacial score (nSPS) is 25.1. The van der Waals surface area contributed by atoms with Gasteiger partial charge in [-0.15, -0.1) is 0 Å². The maximum absolute atomic E-state index is 9.73. The molecule has 0 unspecified atom stereocenters. The minimum absolute atomic E-state index is 0.296. The van der Waals surface area contributed by atoms with Gasteiger partial charge >= 0.3 is 0 Å². The highest BCUT2D eigenvalue weighted by Gasteiger charge is 2.28. The van der Waals surface area contributed by atoms with Crippen molar-refractivity contribution in [1.82, 2.24) is 4.90 Å². The standard InChI is InChI=1S/C23H37N3O2/c1-28-23-15-11-10-14-22(23)26-18-16-25(17-19-26)21-13-9-7-5-3-2-4-6-8-12-20(21)24-27/h10-11,14-15,21,27H,2-9,12-13,16-19H2,1H3/b24-20+/t21-/m0/s1. The molecule has 0 aromatic heterocycles. The first kappa shape index (κ1) is 21.0. The van der Waals surface area contributed by atoms with Crippen molar-refractivity contribution >= 4 is 11.4 Å². The van der Waals surface area contributed by atoms with Crippen LogP contribution in [0.15, 0.2) is 29.4 Å². The Bertz CT molecular complexity index is 612. The van der Waals surface area contributed by atoms with E-state index < -0.39 is 0 Å². The van der Waals surface area contributed by atoms with E-state index in [9.17, 15) is 5.21 Å². The van der Waals surface area contributed by atoms with E-state index in [2.05, 4.69) is 27.1 Å². The fraction of sp³-hybridized carbons (Fsp3) is 0.696. The van der Waals surface area contributed by atoms with Crippen LogP contribution in [0.25, 0.3) is 0 Å². The Labute approximate surface area is 170 Å².